The number of benzene rings is 1. The van der Waals surface area contributed by atoms with Crippen molar-refractivity contribution in [1.82, 2.24) is 24.8 Å². The summed E-state index contributed by atoms with van der Waals surface area (Å²) in [5.74, 6) is 2.00. The molecule has 152 valence electrons. The zero-order chi connectivity index (χ0) is 20.7. The summed E-state index contributed by atoms with van der Waals surface area (Å²) in [5.41, 5.74) is 2.34. The van der Waals surface area contributed by atoms with Crippen molar-refractivity contribution in [3.05, 3.63) is 66.4 Å². The van der Waals surface area contributed by atoms with Crippen LogP contribution in [0.2, 0.25) is 0 Å². The zero-order valence-corrected chi connectivity index (χ0v) is 17.1. The Labute approximate surface area is 175 Å². The minimum absolute atomic E-state index is 0.0543. The number of hydrogen-bond donors (Lipinski definition) is 0. The van der Waals surface area contributed by atoms with Crippen LogP contribution in [0.4, 0.5) is 5.82 Å². The molecule has 2 aliphatic rings. The van der Waals surface area contributed by atoms with Gasteiger partial charge in [0.1, 0.15) is 5.82 Å². The number of fused-ring (bicyclic) bond motifs is 2. The summed E-state index contributed by atoms with van der Waals surface area (Å²) in [6.45, 7) is 2.74. The van der Waals surface area contributed by atoms with Gasteiger partial charge >= 0.3 is 0 Å². The normalized spacial score (nSPS) is 22.3. The molecule has 3 heterocycles. The van der Waals surface area contributed by atoms with E-state index in [0.29, 0.717) is 17.3 Å². The summed E-state index contributed by atoms with van der Waals surface area (Å²) in [6.07, 6.45) is 9.12. The van der Waals surface area contributed by atoms with E-state index in [4.69, 9.17) is 0 Å². The second kappa shape index (κ2) is 7.48. The Balaban J connectivity index is 1.42. The van der Waals surface area contributed by atoms with E-state index in [-0.39, 0.29) is 18.0 Å². The third kappa shape index (κ3) is 3.20. The lowest BCUT2D eigenvalue weighted by Crippen LogP contribution is -2.51. The van der Waals surface area contributed by atoms with E-state index in [0.717, 1.165) is 36.5 Å². The van der Waals surface area contributed by atoms with Gasteiger partial charge in [0.2, 0.25) is 0 Å². The Morgan fingerprint density at radius 2 is 1.83 bits per heavy atom. The van der Waals surface area contributed by atoms with Crippen molar-refractivity contribution in [3.63, 3.8) is 0 Å². The molecule has 1 saturated carbocycles. The first kappa shape index (κ1) is 18.7. The highest BCUT2D eigenvalue weighted by Gasteiger charge is 2.49. The van der Waals surface area contributed by atoms with Gasteiger partial charge in [0, 0.05) is 31.5 Å². The van der Waals surface area contributed by atoms with Crippen molar-refractivity contribution < 1.29 is 4.79 Å². The summed E-state index contributed by atoms with van der Waals surface area (Å²) in [4.78, 5) is 35.4. The summed E-state index contributed by atoms with van der Waals surface area (Å²) >= 11 is 0. The number of aromatic nitrogens is 4. The average Bonchev–Trinajstić information content (AvgIpc) is 3.40. The molecule has 1 saturated heterocycles. The van der Waals surface area contributed by atoms with E-state index in [2.05, 4.69) is 31.9 Å². The molecule has 5 rings (SSSR count). The first-order valence-corrected chi connectivity index (χ1v) is 10.3. The van der Waals surface area contributed by atoms with Crippen LogP contribution >= 0.6 is 0 Å². The molecule has 7 heteroatoms. The molecule has 3 aromatic rings. The maximum Gasteiger partial charge on any atom is 0.254 e. The molecule has 0 N–H and O–H groups in total. The second-order valence-corrected chi connectivity index (χ2v) is 8.17. The second-order valence-electron chi connectivity index (χ2n) is 8.17. The van der Waals surface area contributed by atoms with Gasteiger partial charge in [-0.15, -0.1) is 0 Å². The quantitative estimate of drug-likeness (QED) is 0.670. The smallest absolute Gasteiger partial charge is 0.254 e. The predicted octanol–water partition coefficient (Wildman–Crippen LogP) is 2.98. The van der Waals surface area contributed by atoms with Crippen LogP contribution in [0, 0.1) is 12.8 Å². The van der Waals surface area contributed by atoms with Gasteiger partial charge in [-0.1, -0.05) is 18.2 Å². The first-order valence-electron chi connectivity index (χ1n) is 10.3. The number of rotatable bonds is 4. The molecule has 2 fully saturated rings. The number of aryl methyl sites for hydroxylation is 1. The molecule has 3 unspecified atom stereocenters. The fraction of sp³-hybridized carbons (Fsp3) is 0.348. The van der Waals surface area contributed by atoms with Crippen LogP contribution in [-0.2, 0) is 0 Å². The number of carbonyl (C=O) groups is 1. The number of likely N-dealkylation sites (N-methyl/N-ethyl adjacent to an activating group) is 1. The molecular formula is C23H24N6O. The topological polar surface area (TPSA) is 75.1 Å². The molecule has 3 atom stereocenters. The van der Waals surface area contributed by atoms with E-state index in [1.165, 1.54) is 0 Å². The number of likely N-dealkylation sites (tertiary alicyclic amines) is 1. The maximum atomic E-state index is 13.6. The van der Waals surface area contributed by atoms with E-state index in [1.807, 2.05) is 42.3 Å². The van der Waals surface area contributed by atoms with Crippen molar-refractivity contribution in [2.24, 2.45) is 5.92 Å². The van der Waals surface area contributed by atoms with E-state index in [9.17, 15) is 4.79 Å². The zero-order valence-electron chi connectivity index (χ0n) is 17.1. The Hall–Kier alpha value is -3.35. The Morgan fingerprint density at radius 3 is 2.57 bits per heavy atom. The van der Waals surface area contributed by atoms with Crippen LogP contribution in [-0.4, -0.2) is 56.4 Å². The number of nitrogens with zero attached hydrogens (tertiary/aromatic N) is 6. The van der Waals surface area contributed by atoms with Gasteiger partial charge in [0.25, 0.3) is 5.91 Å². The lowest BCUT2D eigenvalue weighted by atomic mass is 10.0. The van der Waals surface area contributed by atoms with Crippen LogP contribution in [0.1, 0.15) is 28.9 Å². The number of piperidine rings is 1. The fourth-order valence-corrected chi connectivity index (χ4v) is 4.84. The van der Waals surface area contributed by atoms with Gasteiger partial charge in [-0.05, 0) is 37.8 Å². The van der Waals surface area contributed by atoms with Crippen LogP contribution in [0.15, 0.2) is 55.1 Å². The molecular weight excluding hydrogens is 376 g/mol. The highest BCUT2D eigenvalue weighted by Crippen LogP contribution is 2.42. The van der Waals surface area contributed by atoms with Crippen LogP contribution < -0.4 is 4.90 Å². The van der Waals surface area contributed by atoms with E-state index >= 15 is 0 Å². The van der Waals surface area contributed by atoms with E-state index in [1.54, 1.807) is 24.7 Å². The molecule has 1 aromatic carbocycles. The molecule has 1 aliphatic heterocycles. The summed E-state index contributed by atoms with van der Waals surface area (Å²) in [5, 5.41) is 0. The van der Waals surface area contributed by atoms with Crippen LogP contribution in [0.25, 0.3) is 11.4 Å². The van der Waals surface area contributed by atoms with Gasteiger partial charge in [-0.2, -0.15) is 0 Å². The van der Waals surface area contributed by atoms with Gasteiger partial charge in [-0.25, -0.2) is 15.0 Å². The van der Waals surface area contributed by atoms with Crippen molar-refractivity contribution in [2.75, 3.05) is 18.5 Å². The Kier molecular flexibility index (Phi) is 4.65. The summed E-state index contributed by atoms with van der Waals surface area (Å²) in [7, 11) is 2.05. The van der Waals surface area contributed by atoms with Crippen LogP contribution in [0.3, 0.4) is 0 Å². The van der Waals surface area contributed by atoms with Crippen LogP contribution in [0.5, 0.6) is 0 Å². The average molecular weight is 400 g/mol. The minimum Gasteiger partial charge on any atom is -0.353 e. The lowest BCUT2D eigenvalue weighted by Gasteiger charge is -2.38. The minimum atomic E-state index is 0.0543. The Morgan fingerprint density at radius 1 is 1.03 bits per heavy atom. The molecule has 2 aromatic heterocycles. The van der Waals surface area contributed by atoms with Gasteiger partial charge in [-0.3, -0.25) is 9.78 Å². The number of hydrogen-bond acceptors (Lipinski definition) is 6. The molecule has 0 radical (unpaired) electrons. The lowest BCUT2D eigenvalue weighted by molar-refractivity contribution is 0.0684. The molecule has 0 spiro atoms. The standard InChI is InChI=1S/C23H24N6O/c1-15-12-27-21(13-26-15)28(2)19-10-16-11-20(19)29(14-16)23(30)18-7-4-3-6-17(18)22-24-8-5-9-25-22/h3-9,12-13,16,19-20H,10-11,14H2,1-2H3. The number of anilines is 1. The van der Waals surface area contributed by atoms with Crippen molar-refractivity contribution in [2.45, 2.75) is 31.8 Å². The first-order chi connectivity index (χ1) is 14.6. The number of amides is 1. The molecule has 30 heavy (non-hydrogen) atoms. The molecule has 1 aliphatic carbocycles. The predicted molar refractivity (Wildman–Crippen MR) is 114 cm³/mol. The molecule has 1 amide bonds. The van der Waals surface area contributed by atoms with Gasteiger partial charge in [0.05, 0.1) is 35.7 Å². The maximum absolute atomic E-state index is 13.6. The van der Waals surface area contributed by atoms with E-state index < -0.39 is 0 Å². The highest BCUT2D eigenvalue weighted by molar-refractivity contribution is 6.00. The van der Waals surface area contributed by atoms with Crippen molar-refractivity contribution >= 4 is 11.7 Å². The monoisotopic (exact) mass is 400 g/mol. The highest BCUT2D eigenvalue weighted by atomic mass is 16.2. The number of carbonyl (C=O) groups excluding carboxylic acids is 1. The largest absolute Gasteiger partial charge is 0.353 e. The molecule has 2 bridgehead atoms. The van der Waals surface area contributed by atoms with Gasteiger partial charge < -0.3 is 9.80 Å². The van der Waals surface area contributed by atoms with Crippen molar-refractivity contribution in [1.29, 1.82) is 0 Å². The fourth-order valence-electron chi connectivity index (χ4n) is 4.84. The summed E-state index contributed by atoms with van der Waals surface area (Å²) < 4.78 is 0. The Bertz CT molecular complexity index is 1050. The third-order valence-electron chi connectivity index (χ3n) is 6.30. The molecule has 7 nitrogen and oxygen atoms in total. The third-order valence-corrected chi connectivity index (χ3v) is 6.30. The van der Waals surface area contributed by atoms with Crippen molar-refractivity contribution in [3.8, 4) is 11.4 Å². The SMILES string of the molecule is Cc1cnc(N(C)C2CC3CC2N(C(=O)c2ccccc2-c2ncccn2)C3)cn1. The van der Waals surface area contributed by atoms with Gasteiger partial charge in [0.15, 0.2) is 5.82 Å². The summed E-state index contributed by atoms with van der Waals surface area (Å²) in [6, 6.07) is 9.81.